The van der Waals surface area contributed by atoms with E-state index < -0.39 is 17.9 Å². The molecule has 0 radical (unpaired) electrons. The molecule has 1 atom stereocenters. The Morgan fingerprint density at radius 2 is 2.00 bits per heavy atom. The first-order valence-corrected chi connectivity index (χ1v) is 12.7. The average molecular weight is 571 g/mol. The fourth-order valence-corrected chi connectivity index (χ4v) is 4.73. The molecule has 1 aliphatic carbocycles. The number of hydrogen-bond acceptors (Lipinski definition) is 6. The van der Waals surface area contributed by atoms with Crippen molar-refractivity contribution in [2.75, 3.05) is 16.9 Å². The van der Waals surface area contributed by atoms with E-state index in [4.69, 9.17) is 9.47 Å². The van der Waals surface area contributed by atoms with Gasteiger partial charge >= 0.3 is 0 Å². The first-order valence-electron chi connectivity index (χ1n) is 11.2. The van der Waals surface area contributed by atoms with Gasteiger partial charge < -0.3 is 14.8 Å². The number of amides is 2. The van der Waals surface area contributed by atoms with Gasteiger partial charge in [-0.3, -0.25) is 14.5 Å². The van der Waals surface area contributed by atoms with E-state index in [-0.39, 0.29) is 12.5 Å². The normalized spacial score (nSPS) is 16.2. The molecule has 0 aromatic heterocycles. The Morgan fingerprint density at radius 1 is 1.24 bits per heavy atom. The van der Waals surface area contributed by atoms with Gasteiger partial charge in [0, 0.05) is 10.1 Å². The van der Waals surface area contributed by atoms with Gasteiger partial charge in [-0.25, -0.2) is 0 Å². The monoisotopic (exact) mass is 571 g/mol. The van der Waals surface area contributed by atoms with Crippen molar-refractivity contribution in [3.05, 3.63) is 65.4 Å². The number of methoxy groups -OCH3 is 1. The number of carbonyl (C=O) groups excluding carboxylic acids is 2. The van der Waals surface area contributed by atoms with Crippen LogP contribution in [-0.2, 0) is 0 Å². The maximum atomic E-state index is 13.5. The number of nitriles is 1. The van der Waals surface area contributed by atoms with E-state index in [1.54, 1.807) is 43.5 Å². The number of benzene rings is 2. The summed E-state index contributed by atoms with van der Waals surface area (Å²) in [4.78, 5) is 28.1. The van der Waals surface area contributed by atoms with E-state index in [1.807, 2.05) is 0 Å². The lowest BCUT2D eigenvalue weighted by atomic mass is 10.0. The van der Waals surface area contributed by atoms with Gasteiger partial charge in [-0.15, -0.1) is 0 Å². The third-order valence-electron chi connectivity index (χ3n) is 6.18. The predicted octanol–water partition coefficient (Wildman–Crippen LogP) is 5.63. The quantitative estimate of drug-likeness (QED) is 0.239. The highest BCUT2D eigenvalue weighted by Gasteiger charge is 2.42. The number of carbonyl (C=O) groups is 2. The van der Waals surface area contributed by atoms with Crippen molar-refractivity contribution in [1.82, 2.24) is 4.90 Å². The minimum atomic E-state index is -0.755. The summed E-state index contributed by atoms with van der Waals surface area (Å²) in [6.45, 7) is 3.94. The number of alkyl halides is 1. The number of fused-ring (bicyclic) bond motifs is 1. The number of ether oxygens (including phenoxy) is 2. The Morgan fingerprint density at radius 3 is 2.68 bits per heavy atom. The van der Waals surface area contributed by atoms with Crippen LogP contribution in [-0.4, -0.2) is 34.4 Å². The van der Waals surface area contributed by atoms with Crippen LogP contribution in [0.5, 0.6) is 11.5 Å². The van der Waals surface area contributed by atoms with Crippen LogP contribution in [0.3, 0.4) is 0 Å². The van der Waals surface area contributed by atoms with E-state index in [0.29, 0.717) is 38.3 Å². The zero-order valence-electron chi connectivity index (χ0n) is 19.0. The average Bonchev–Trinajstić information content (AvgIpc) is 3.44. The van der Waals surface area contributed by atoms with Crippen LogP contribution in [0.25, 0.3) is 0 Å². The molecule has 176 valence electrons. The number of nitrogens with zero attached hydrogens (tertiary/aromatic N) is 2. The number of nitrogens with one attached hydrogen (secondary N) is 1. The Balaban J connectivity index is 1.70. The first kappa shape index (κ1) is 24.1. The van der Waals surface area contributed by atoms with Gasteiger partial charge in [0.05, 0.1) is 48.6 Å². The van der Waals surface area contributed by atoms with Crippen molar-refractivity contribution >= 4 is 40.1 Å². The lowest BCUT2D eigenvalue weighted by molar-refractivity contribution is 0.0584. The zero-order chi connectivity index (χ0) is 24.2. The van der Waals surface area contributed by atoms with Crippen molar-refractivity contribution in [3.63, 3.8) is 0 Å². The molecule has 2 aliphatic rings. The standard InChI is InChI=1S/C26H26IN3O4/c1-16(15-27)29-20-9-5-8-19-24(20)26(32)30(25(19)31)21(12-13-28)17-10-11-22(33-2)23(14-17)34-18-6-3-4-7-18/h5,8-11,14,18,21,29H,1,3-4,6-7,12,15H2,2H3. The predicted molar refractivity (Wildman–Crippen MR) is 137 cm³/mol. The van der Waals surface area contributed by atoms with Crippen LogP contribution in [0.4, 0.5) is 5.69 Å². The van der Waals surface area contributed by atoms with E-state index in [9.17, 15) is 14.9 Å². The highest BCUT2D eigenvalue weighted by molar-refractivity contribution is 14.1. The van der Waals surface area contributed by atoms with Crippen molar-refractivity contribution in [1.29, 1.82) is 5.26 Å². The molecular weight excluding hydrogens is 545 g/mol. The summed E-state index contributed by atoms with van der Waals surface area (Å²) in [5.41, 5.74) is 2.53. The molecule has 0 saturated heterocycles. The molecule has 2 aromatic rings. The molecule has 2 amide bonds. The molecule has 8 heteroatoms. The van der Waals surface area contributed by atoms with Crippen LogP contribution >= 0.6 is 22.6 Å². The maximum absolute atomic E-state index is 13.5. The van der Waals surface area contributed by atoms with Gasteiger partial charge in [-0.2, -0.15) is 5.26 Å². The molecule has 1 heterocycles. The Kier molecular flexibility index (Phi) is 7.41. The molecule has 34 heavy (non-hydrogen) atoms. The summed E-state index contributed by atoms with van der Waals surface area (Å²) in [6.07, 6.45) is 4.28. The molecule has 7 nitrogen and oxygen atoms in total. The number of halogens is 1. The van der Waals surface area contributed by atoms with Gasteiger partial charge in [0.25, 0.3) is 11.8 Å². The van der Waals surface area contributed by atoms with E-state index >= 15 is 0 Å². The molecule has 0 bridgehead atoms. The molecule has 1 aliphatic heterocycles. The molecule has 1 unspecified atom stereocenters. The zero-order valence-corrected chi connectivity index (χ0v) is 21.1. The van der Waals surface area contributed by atoms with E-state index in [1.165, 1.54) is 4.90 Å². The molecule has 1 saturated carbocycles. The Bertz CT molecular complexity index is 1170. The SMILES string of the molecule is C=C(CI)Nc1cccc2c1C(=O)N(C(CC#N)c1ccc(OC)c(OC3CCCC3)c1)C2=O. The lowest BCUT2D eigenvalue weighted by Gasteiger charge is -2.26. The molecule has 4 rings (SSSR count). The van der Waals surface area contributed by atoms with Gasteiger partial charge in [0.2, 0.25) is 0 Å². The summed E-state index contributed by atoms with van der Waals surface area (Å²) >= 11 is 2.17. The number of rotatable bonds is 9. The van der Waals surface area contributed by atoms with Gasteiger partial charge in [0.1, 0.15) is 0 Å². The van der Waals surface area contributed by atoms with E-state index in [2.05, 4.69) is 40.6 Å². The van der Waals surface area contributed by atoms with Crippen LogP contribution in [0.1, 0.15) is 64.4 Å². The molecule has 0 spiro atoms. The van der Waals surface area contributed by atoms with Crippen LogP contribution < -0.4 is 14.8 Å². The maximum Gasteiger partial charge on any atom is 0.264 e. The molecular formula is C26H26IN3O4. The largest absolute Gasteiger partial charge is 0.493 e. The second kappa shape index (κ2) is 10.5. The summed E-state index contributed by atoms with van der Waals surface area (Å²) in [7, 11) is 1.57. The smallest absolute Gasteiger partial charge is 0.264 e. The minimum Gasteiger partial charge on any atom is -0.493 e. The van der Waals surface area contributed by atoms with Gasteiger partial charge in [-0.1, -0.05) is 41.3 Å². The van der Waals surface area contributed by atoms with Crippen LogP contribution in [0.2, 0.25) is 0 Å². The summed E-state index contributed by atoms with van der Waals surface area (Å²) in [6, 6.07) is 11.8. The van der Waals surface area contributed by atoms with Crippen LogP contribution in [0, 0.1) is 11.3 Å². The number of anilines is 1. The van der Waals surface area contributed by atoms with Crippen molar-refractivity contribution in [2.45, 2.75) is 44.2 Å². The third kappa shape index (κ3) is 4.62. The summed E-state index contributed by atoms with van der Waals surface area (Å²) in [5.74, 6) is 0.293. The van der Waals surface area contributed by atoms with Crippen molar-refractivity contribution in [2.24, 2.45) is 0 Å². The second-order valence-electron chi connectivity index (χ2n) is 8.38. The lowest BCUT2D eigenvalue weighted by Crippen LogP contribution is -2.34. The van der Waals surface area contributed by atoms with Crippen molar-refractivity contribution in [3.8, 4) is 17.6 Å². The summed E-state index contributed by atoms with van der Waals surface area (Å²) in [5, 5.41) is 12.7. The van der Waals surface area contributed by atoms with Gasteiger partial charge in [-0.05, 0) is 55.5 Å². The fourth-order valence-electron chi connectivity index (χ4n) is 4.54. The fraction of sp³-hybridized carbons (Fsp3) is 0.346. The Hall–Kier alpha value is -3.06. The number of allylic oxidation sites excluding steroid dienone is 1. The summed E-state index contributed by atoms with van der Waals surface area (Å²) < 4.78 is 12.3. The van der Waals surface area contributed by atoms with E-state index in [0.717, 1.165) is 31.4 Å². The first-order chi connectivity index (χ1) is 16.5. The molecule has 2 aromatic carbocycles. The highest BCUT2D eigenvalue weighted by atomic mass is 127. The van der Waals surface area contributed by atoms with Crippen molar-refractivity contribution < 1.29 is 19.1 Å². The molecule has 1 fully saturated rings. The minimum absolute atomic E-state index is 0.0378. The van der Waals surface area contributed by atoms with Crippen LogP contribution in [0.15, 0.2) is 48.7 Å². The number of hydrogen-bond donors (Lipinski definition) is 1. The van der Waals surface area contributed by atoms with Gasteiger partial charge in [0.15, 0.2) is 11.5 Å². The second-order valence-corrected chi connectivity index (χ2v) is 9.15. The third-order valence-corrected chi connectivity index (χ3v) is 7.10. The Labute approximate surface area is 212 Å². The topological polar surface area (TPSA) is 91.7 Å². The number of imide groups is 1. The highest BCUT2D eigenvalue weighted by Crippen LogP contribution is 2.40. The molecule has 1 N–H and O–H groups in total.